The predicted octanol–water partition coefficient (Wildman–Crippen LogP) is 4.05. The van der Waals surface area contributed by atoms with Gasteiger partial charge in [0.1, 0.15) is 11.2 Å². The number of nitrogens with zero attached hydrogens (tertiary/aromatic N) is 5. The Morgan fingerprint density at radius 3 is 2.50 bits per heavy atom. The molecule has 0 atom stereocenters. The molecule has 1 fully saturated rings. The van der Waals surface area contributed by atoms with Crippen LogP contribution in [0.2, 0.25) is 0 Å². The Balaban J connectivity index is 1.42. The van der Waals surface area contributed by atoms with Gasteiger partial charge in [-0.25, -0.2) is 4.98 Å². The molecule has 1 amide bonds. The van der Waals surface area contributed by atoms with Crippen LogP contribution in [0.3, 0.4) is 0 Å². The second-order valence-electron chi connectivity index (χ2n) is 7.77. The van der Waals surface area contributed by atoms with Gasteiger partial charge in [0.25, 0.3) is 5.91 Å². The number of aryl methyl sites for hydroxylation is 1. The number of pyridine rings is 2. The van der Waals surface area contributed by atoms with Gasteiger partial charge in [-0.3, -0.25) is 14.8 Å². The molecule has 1 aliphatic rings. The second-order valence-corrected chi connectivity index (χ2v) is 7.77. The van der Waals surface area contributed by atoms with Crippen LogP contribution >= 0.6 is 0 Å². The average molecular weight is 397 g/mol. The number of fused-ring (bicyclic) bond motifs is 1. The largest absolute Gasteiger partial charge is 0.337 e. The van der Waals surface area contributed by atoms with Gasteiger partial charge in [-0.2, -0.15) is 0 Å². The third-order valence-corrected chi connectivity index (χ3v) is 5.86. The van der Waals surface area contributed by atoms with Crippen molar-refractivity contribution in [3.63, 3.8) is 0 Å². The van der Waals surface area contributed by atoms with Gasteiger partial charge >= 0.3 is 0 Å². The van der Waals surface area contributed by atoms with E-state index in [0.29, 0.717) is 24.7 Å². The molecule has 30 heavy (non-hydrogen) atoms. The first-order valence-electron chi connectivity index (χ1n) is 10.3. The Kier molecular flexibility index (Phi) is 4.75. The summed E-state index contributed by atoms with van der Waals surface area (Å²) in [6, 6.07) is 17.8. The summed E-state index contributed by atoms with van der Waals surface area (Å²) in [4.78, 5) is 28.4. The van der Waals surface area contributed by atoms with Gasteiger partial charge < -0.3 is 9.47 Å². The smallest absolute Gasteiger partial charge is 0.272 e. The lowest BCUT2D eigenvalue weighted by molar-refractivity contribution is 0.0706. The second kappa shape index (κ2) is 7.71. The van der Waals surface area contributed by atoms with Crippen molar-refractivity contribution in [2.45, 2.75) is 18.8 Å². The number of carbonyl (C=O) groups is 1. The Hall–Kier alpha value is -3.54. The van der Waals surface area contributed by atoms with Gasteiger partial charge in [-0.1, -0.05) is 36.4 Å². The number of piperidine rings is 1. The van der Waals surface area contributed by atoms with Gasteiger partial charge in [0.2, 0.25) is 0 Å². The highest BCUT2D eigenvalue weighted by molar-refractivity contribution is 5.92. The van der Waals surface area contributed by atoms with E-state index in [1.165, 1.54) is 0 Å². The summed E-state index contributed by atoms with van der Waals surface area (Å²) in [5, 5.41) is 0. The predicted molar refractivity (Wildman–Crippen MR) is 116 cm³/mol. The number of hydrogen-bond acceptors (Lipinski definition) is 4. The molecule has 1 aromatic carbocycles. The minimum Gasteiger partial charge on any atom is -0.337 e. The molecule has 1 aliphatic heterocycles. The number of benzene rings is 1. The molecular formula is C24H23N5O. The van der Waals surface area contributed by atoms with E-state index in [-0.39, 0.29) is 5.91 Å². The van der Waals surface area contributed by atoms with Crippen molar-refractivity contribution in [2.75, 3.05) is 13.1 Å². The lowest BCUT2D eigenvalue weighted by atomic mass is 9.92. The zero-order chi connectivity index (χ0) is 20.5. The molecule has 0 spiro atoms. The molecule has 4 heterocycles. The minimum absolute atomic E-state index is 0.00840. The van der Waals surface area contributed by atoms with E-state index in [9.17, 15) is 4.79 Å². The first kappa shape index (κ1) is 18.5. The standard InChI is InChI=1S/C24H23N5O/c1-28-16-26-23-21(28)15-20(27-22(23)18-7-3-2-4-8-18)17-10-13-29(14-11-17)24(30)19-9-5-6-12-25-19/h2-9,12,15-17H,10-11,13-14H2,1H3. The van der Waals surface area contributed by atoms with E-state index in [0.717, 1.165) is 40.8 Å². The molecule has 0 bridgehead atoms. The molecule has 6 nitrogen and oxygen atoms in total. The zero-order valence-corrected chi connectivity index (χ0v) is 16.9. The van der Waals surface area contributed by atoms with E-state index < -0.39 is 0 Å². The first-order valence-corrected chi connectivity index (χ1v) is 10.3. The SMILES string of the molecule is Cn1cnc2c(-c3ccccc3)nc(C3CCN(C(=O)c4ccccn4)CC3)cc21. The molecule has 0 saturated carbocycles. The highest BCUT2D eigenvalue weighted by atomic mass is 16.2. The van der Waals surface area contributed by atoms with Crippen molar-refractivity contribution >= 4 is 16.9 Å². The summed E-state index contributed by atoms with van der Waals surface area (Å²) >= 11 is 0. The van der Waals surface area contributed by atoms with Crippen LogP contribution in [0.1, 0.15) is 34.9 Å². The van der Waals surface area contributed by atoms with Gasteiger partial charge in [0.05, 0.1) is 17.5 Å². The molecule has 0 unspecified atom stereocenters. The molecule has 1 saturated heterocycles. The fourth-order valence-electron chi connectivity index (χ4n) is 4.18. The number of aromatic nitrogens is 4. The maximum atomic E-state index is 12.7. The molecule has 0 aliphatic carbocycles. The average Bonchev–Trinajstić information content (AvgIpc) is 3.20. The Labute approximate surface area is 175 Å². The molecule has 4 aromatic rings. The lowest BCUT2D eigenvalue weighted by Gasteiger charge is -2.31. The van der Waals surface area contributed by atoms with Crippen LogP contribution < -0.4 is 0 Å². The lowest BCUT2D eigenvalue weighted by Crippen LogP contribution is -2.38. The van der Waals surface area contributed by atoms with Crippen LogP contribution in [0, 0.1) is 0 Å². The number of imidazole rings is 1. The van der Waals surface area contributed by atoms with Crippen molar-refractivity contribution in [1.82, 2.24) is 24.4 Å². The van der Waals surface area contributed by atoms with Crippen molar-refractivity contribution in [3.05, 3.63) is 78.5 Å². The topological polar surface area (TPSA) is 63.9 Å². The van der Waals surface area contributed by atoms with E-state index in [1.54, 1.807) is 12.3 Å². The molecule has 0 N–H and O–H groups in total. The summed E-state index contributed by atoms with van der Waals surface area (Å²) in [6.45, 7) is 1.43. The molecule has 150 valence electrons. The van der Waals surface area contributed by atoms with E-state index in [1.807, 2.05) is 53.2 Å². The molecule has 6 heteroatoms. The van der Waals surface area contributed by atoms with Gasteiger partial charge in [0, 0.05) is 43.5 Å². The van der Waals surface area contributed by atoms with Crippen LogP contribution in [-0.2, 0) is 7.05 Å². The fourth-order valence-corrected chi connectivity index (χ4v) is 4.18. The van der Waals surface area contributed by atoms with Crippen LogP contribution in [0.25, 0.3) is 22.3 Å². The van der Waals surface area contributed by atoms with Crippen molar-refractivity contribution in [3.8, 4) is 11.3 Å². The Morgan fingerprint density at radius 1 is 1.00 bits per heavy atom. The number of amides is 1. The number of carbonyl (C=O) groups excluding carboxylic acids is 1. The van der Waals surface area contributed by atoms with Crippen LogP contribution in [-0.4, -0.2) is 43.4 Å². The van der Waals surface area contributed by atoms with Gasteiger partial charge in [-0.05, 0) is 31.0 Å². The maximum absolute atomic E-state index is 12.7. The van der Waals surface area contributed by atoms with Crippen LogP contribution in [0.5, 0.6) is 0 Å². The number of likely N-dealkylation sites (tertiary alicyclic amines) is 1. The third-order valence-electron chi connectivity index (χ3n) is 5.86. The fraction of sp³-hybridized carbons (Fsp3) is 0.250. The molecule has 3 aromatic heterocycles. The molecule has 5 rings (SSSR count). The number of rotatable bonds is 3. The summed E-state index contributed by atoms with van der Waals surface area (Å²) < 4.78 is 2.05. The normalized spacial score (nSPS) is 14.9. The summed E-state index contributed by atoms with van der Waals surface area (Å²) in [5.41, 5.74) is 5.61. The van der Waals surface area contributed by atoms with E-state index in [4.69, 9.17) is 4.98 Å². The quantitative estimate of drug-likeness (QED) is 0.523. The highest BCUT2D eigenvalue weighted by Gasteiger charge is 2.27. The summed E-state index contributed by atoms with van der Waals surface area (Å²) in [6.07, 6.45) is 5.29. The zero-order valence-electron chi connectivity index (χ0n) is 16.9. The summed E-state index contributed by atoms with van der Waals surface area (Å²) in [7, 11) is 2.02. The van der Waals surface area contributed by atoms with Gasteiger partial charge in [-0.15, -0.1) is 0 Å². The summed E-state index contributed by atoms with van der Waals surface area (Å²) in [5.74, 6) is 0.327. The molecular weight excluding hydrogens is 374 g/mol. The maximum Gasteiger partial charge on any atom is 0.272 e. The van der Waals surface area contributed by atoms with Gasteiger partial charge in [0.15, 0.2) is 0 Å². The molecule has 0 radical (unpaired) electrons. The number of hydrogen-bond donors (Lipinski definition) is 0. The van der Waals surface area contributed by atoms with Crippen molar-refractivity contribution in [2.24, 2.45) is 7.05 Å². The van der Waals surface area contributed by atoms with E-state index in [2.05, 4.69) is 28.2 Å². The Bertz CT molecular complexity index is 1180. The minimum atomic E-state index is 0.00840. The van der Waals surface area contributed by atoms with Crippen LogP contribution in [0.4, 0.5) is 0 Å². The van der Waals surface area contributed by atoms with Crippen molar-refractivity contribution in [1.29, 1.82) is 0 Å². The Morgan fingerprint density at radius 2 is 1.77 bits per heavy atom. The first-order chi connectivity index (χ1) is 14.7. The van der Waals surface area contributed by atoms with E-state index >= 15 is 0 Å². The highest BCUT2D eigenvalue weighted by Crippen LogP contribution is 2.33. The monoisotopic (exact) mass is 397 g/mol. The third kappa shape index (κ3) is 3.34. The van der Waals surface area contributed by atoms with Crippen molar-refractivity contribution < 1.29 is 4.79 Å². The van der Waals surface area contributed by atoms with Crippen LogP contribution in [0.15, 0.2) is 67.1 Å².